The highest BCUT2D eigenvalue weighted by molar-refractivity contribution is 5.75. The molecule has 17 heteroatoms. The van der Waals surface area contributed by atoms with E-state index in [2.05, 4.69) is 0 Å². The number of ether oxygens (including phenoxy) is 8. The fourth-order valence-electron chi connectivity index (χ4n) is 13.2. The molecular weight excluding hydrogens is 740 g/mol. The molecule has 4 heterocycles. The second-order valence-corrected chi connectivity index (χ2v) is 17.8. The molecule has 17 nitrogen and oxygen atoms in total. The van der Waals surface area contributed by atoms with Gasteiger partial charge in [0.25, 0.3) is 0 Å². The molecular formula is C39H48O17. The first kappa shape index (κ1) is 38.8. The van der Waals surface area contributed by atoms with E-state index in [0.29, 0.717) is 5.56 Å². The summed E-state index contributed by atoms with van der Waals surface area (Å²) in [7, 11) is 0. The van der Waals surface area contributed by atoms with Crippen molar-refractivity contribution in [1.29, 1.82) is 0 Å². The standard InChI is InChI=1S/C39H48O17/c1-17(2)29(45)53-27-28(51-19(4)41)39(47)35-16-49-25(44)12-23(35)32(7)15-36(35,46)38(54-21(6)43,30(32)52-20(5)42)31-37(39)24(13-33(8,55-31)56-37)34(27,9)26(50-18(3)40)22-10-11-48-14-22/h10-11,14,17,23-24,26-28,30-31,46-47H,12-13,15-16H2,1-9H3/t23-,24+,26-,27-,28+,30-,31-,32+,33-,34+,35+,36+,37+,38-,39-/m0/s1. The molecule has 1 aromatic heterocycles. The van der Waals surface area contributed by atoms with Crippen molar-refractivity contribution in [3.8, 4) is 0 Å². The van der Waals surface area contributed by atoms with Gasteiger partial charge in [0.2, 0.25) is 5.60 Å². The fourth-order valence-corrected chi connectivity index (χ4v) is 13.2. The zero-order valence-electron chi connectivity index (χ0n) is 32.7. The fraction of sp³-hybridized carbons (Fsp3) is 0.744. The highest BCUT2D eigenvalue weighted by Gasteiger charge is 3.05. The summed E-state index contributed by atoms with van der Waals surface area (Å²) in [4.78, 5) is 80.5. The molecule has 306 valence electrons. The number of carbonyl (C=O) groups excluding carboxylic acids is 6. The van der Waals surface area contributed by atoms with Gasteiger partial charge in [0, 0.05) is 57.4 Å². The van der Waals surface area contributed by atoms with Gasteiger partial charge in [-0.15, -0.1) is 0 Å². The largest absolute Gasteiger partial charge is 0.472 e. The Kier molecular flexibility index (Phi) is 7.99. The molecule has 15 atom stereocenters. The van der Waals surface area contributed by atoms with Crippen LogP contribution in [-0.2, 0) is 66.7 Å². The third-order valence-corrected chi connectivity index (χ3v) is 14.5. The topological polar surface area (TPSA) is 230 Å². The van der Waals surface area contributed by atoms with Gasteiger partial charge in [-0.05, 0) is 25.3 Å². The van der Waals surface area contributed by atoms with Crippen LogP contribution in [0.4, 0.5) is 0 Å². The van der Waals surface area contributed by atoms with Crippen molar-refractivity contribution in [3.63, 3.8) is 0 Å². The van der Waals surface area contributed by atoms with Gasteiger partial charge in [0.05, 0.1) is 29.3 Å². The van der Waals surface area contributed by atoms with E-state index in [9.17, 15) is 39.0 Å². The number of fused-ring (bicyclic) bond motifs is 4. The van der Waals surface area contributed by atoms with Crippen molar-refractivity contribution in [2.75, 3.05) is 6.61 Å². The third kappa shape index (κ3) is 4.14. The van der Waals surface area contributed by atoms with Crippen LogP contribution in [0.15, 0.2) is 23.0 Å². The molecule has 4 bridgehead atoms. The SMILES string of the molecule is CC(=O)O[C@@H]1[C@H](OC(=O)C(C)C)[C@@](C)([C@@H](OC(C)=O)c2ccoc2)[C@H]2C[C@@]3(C)O[C@@H]4[C@@]5(OC(C)=O)[C@@H](OC(C)=O)[C@]6(C)C[C@@]5(O)[C@]5(COC(=O)C[C@@H]65)[C@]1(O)[C@@]24O3. The van der Waals surface area contributed by atoms with Gasteiger partial charge in [0.15, 0.2) is 24.1 Å². The minimum atomic E-state index is -2.73. The van der Waals surface area contributed by atoms with E-state index in [4.69, 9.17) is 42.3 Å². The van der Waals surface area contributed by atoms with Crippen molar-refractivity contribution in [1.82, 2.24) is 0 Å². The zero-order chi connectivity index (χ0) is 41.0. The van der Waals surface area contributed by atoms with Crippen molar-refractivity contribution < 1.29 is 81.3 Å². The predicted molar refractivity (Wildman–Crippen MR) is 181 cm³/mol. The van der Waals surface area contributed by atoms with Crippen LogP contribution in [0.5, 0.6) is 0 Å². The molecule has 7 aliphatic rings. The number of esters is 6. The molecule has 56 heavy (non-hydrogen) atoms. The van der Waals surface area contributed by atoms with E-state index in [1.807, 2.05) is 0 Å². The molecule has 2 N–H and O–H groups in total. The quantitative estimate of drug-likeness (QED) is 0.283. The first-order chi connectivity index (χ1) is 26.0. The number of cyclic esters (lactones) is 1. The van der Waals surface area contributed by atoms with Crippen molar-refractivity contribution in [3.05, 3.63) is 24.2 Å². The molecule has 0 amide bonds. The lowest BCUT2D eigenvalue weighted by Crippen LogP contribution is -2.98. The summed E-state index contributed by atoms with van der Waals surface area (Å²) < 4.78 is 56.4. The molecule has 4 saturated carbocycles. The van der Waals surface area contributed by atoms with E-state index in [1.54, 1.807) is 40.7 Å². The molecule has 1 aromatic rings. The molecule has 3 saturated heterocycles. The Morgan fingerprint density at radius 1 is 0.893 bits per heavy atom. The Bertz CT molecular complexity index is 1930. The Labute approximate surface area is 321 Å². The van der Waals surface area contributed by atoms with Crippen LogP contribution >= 0.6 is 0 Å². The average molecular weight is 789 g/mol. The molecule has 2 spiro atoms. The van der Waals surface area contributed by atoms with E-state index < -0.39 is 142 Å². The zero-order valence-corrected chi connectivity index (χ0v) is 32.7. The van der Waals surface area contributed by atoms with Crippen molar-refractivity contribution >= 4 is 35.8 Å². The third-order valence-electron chi connectivity index (χ3n) is 14.5. The average Bonchev–Trinajstić information content (AvgIpc) is 3.87. The maximum absolute atomic E-state index is 14.5. The minimum Gasteiger partial charge on any atom is -0.472 e. The molecule has 0 aromatic carbocycles. The number of rotatable bonds is 8. The lowest BCUT2D eigenvalue weighted by atomic mass is 9.32. The Morgan fingerprint density at radius 3 is 2.14 bits per heavy atom. The number of hydrogen-bond acceptors (Lipinski definition) is 17. The lowest BCUT2D eigenvalue weighted by Gasteiger charge is -2.77. The summed E-state index contributed by atoms with van der Waals surface area (Å²) in [6, 6.07) is 1.55. The smallest absolute Gasteiger partial charge is 0.308 e. The Morgan fingerprint density at radius 2 is 1.57 bits per heavy atom. The van der Waals surface area contributed by atoms with Crippen LogP contribution in [0.1, 0.15) is 93.2 Å². The summed E-state index contributed by atoms with van der Waals surface area (Å²) in [5.41, 5.74) is -14.8. The van der Waals surface area contributed by atoms with Gasteiger partial charge in [0.1, 0.15) is 35.6 Å². The predicted octanol–water partition coefficient (Wildman–Crippen LogP) is 1.98. The van der Waals surface area contributed by atoms with Crippen LogP contribution in [0.2, 0.25) is 0 Å². The monoisotopic (exact) mass is 788 g/mol. The van der Waals surface area contributed by atoms with E-state index >= 15 is 0 Å². The van der Waals surface area contributed by atoms with Gasteiger partial charge >= 0.3 is 35.8 Å². The highest BCUT2D eigenvalue weighted by Crippen LogP contribution is 2.88. The van der Waals surface area contributed by atoms with Gasteiger partial charge in [-0.1, -0.05) is 27.7 Å². The molecule has 7 fully saturated rings. The minimum absolute atomic E-state index is 0.0922. The Hall–Kier alpha value is -4.06. The van der Waals surface area contributed by atoms with Crippen LogP contribution in [0.25, 0.3) is 0 Å². The van der Waals surface area contributed by atoms with Crippen LogP contribution in [0.3, 0.4) is 0 Å². The van der Waals surface area contributed by atoms with Crippen LogP contribution < -0.4 is 0 Å². The molecule has 0 radical (unpaired) electrons. The maximum Gasteiger partial charge on any atom is 0.308 e. The highest BCUT2D eigenvalue weighted by atomic mass is 16.8. The van der Waals surface area contributed by atoms with Crippen molar-refractivity contribution in [2.24, 2.45) is 34.0 Å². The first-order valence-corrected chi connectivity index (χ1v) is 18.9. The second-order valence-electron chi connectivity index (χ2n) is 17.8. The van der Waals surface area contributed by atoms with E-state index in [0.717, 1.165) is 20.8 Å². The van der Waals surface area contributed by atoms with Crippen LogP contribution in [-0.4, -0.2) is 105 Å². The molecule has 3 aliphatic heterocycles. The molecule has 8 rings (SSSR count). The van der Waals surface area contributed by atoms with Gasteiger partial charge in [-0.3, -0.25) is 28.8 Å². The number of carbonyl (C=O) groups is 6. The van der Waals surface area contributed by atoms with Crippen LogP contribution in [0, 0.1) is 34.0 Å². The van der Waals surface area contributed by atoms with Gasteiger partial charge in [-0.25, -0.2) is 0 Å². The normalized spacial score (nSPS) is 48.0. The Balaban J connectivity index is 1.54. The number of furan rings is 1. The van der Waals surface area contributed by atoms with E-state index in [-0.39, 0.29) is 12.8 Å². The van der Waals surface area contributed by atoms with E-state index in [1.165, 1.54) is 19.5 Å². The number of hydrogen-bond donors (Lipinski definition) is 2. The first-order valence-electron chi connectivity index (χ1n) is 18.9. The summed E-state index contributed by atoms with van der Waals surface area (Å²) in [6.45, 7) is 11.9. The van der Waals surface area contributed by atoms with Crippen molar-refractivity contribution in [2.45, 2.75) is 140 Å². The molecule has 4 aliphatic carbocycles. The summed E-state index contributed by atoms with van der Waals surface area (Å²) in [5.74, 6) is -9.58. The maximum atomic E-state index is 14.5. The van der Waals surface area contributed by atoms with Gasteiger partial charge in [-0.2, -0.15) is 0 Å². The summed E-state index contributed by atoms with van der Waals surface area (Å²) >= 11 is 0. The molecule has 0 unspecified atom stereocenters. The lowest BCUT2D eigenvalue weighted by molar-refractivity contribution is -0.449. The van der Waals surface area contributed by atoms with Gasteiger partial charge < -0.3 is 52.5 Å². The number of aliphatic hydroxyl groups is 2. The summed E-state index contributed by atoms with van der Waals surface area (Å²) in [6.07, 6.45) is -6.37. The second kappa shape index (κ2) is 11.5. The summed E-state index contributed by atoms with van der Waals surface area (Å²) in [5, 5.41) is 28.3.